The Morgan fingerprint density at radius 1 is 1.40 bits per heavy atom. The van der Waals surface area contributed by atoms with Crippen molar-refractivity contribution in [2.45, 2.75) is 26.4 Å². The molecule has 0 spiro atoms. The van der Waals surface area contributed by atoms with E-state index < -0.39 is 0 Å². The van der Waals surface area contributed by atoms with Gasteiger partial charge in [-0.05, 0) is 19.4 Å². The monoisotopic (exact) mass is 289 g/mol. The van der Waals surface area contributed by atoms with Crippen LogP contribution in [0, 0.1) is 6.92 Å². The molecule has 1 aromatic carbocycles. The maximum Gasteiger partial charge on any atom is 0.317 e. The van der Waals surface area contributed by atoms with Crippen molar-refractivity contribution < 1.29 is 4.79 Å². The van der Waals surface area contributed by atoms with Gasteiger partial charge < -0.3 is 10.2 Å². The van der Waals surface area contributed by atoms with Gasteiger partial charge in [-0.15, -0.1) is 11.3 Å². The average molecular weight is 289 g/mol. The highest BCUT2D eigenvalue weighted by Crippen LogP contribution is 2.13. The lowest BCUT2D eigenvalue weighted by Gasteiger charge is -2.21. The largest absolute Gasteiger partial charge is 0.331 e. The highest BCUT2D eigenvalue weighted by molar-refractivity contribution is 7.09. The molecule has 2 amide bonds. The van der Waals surface area contributed by atoms with Gasteiger partial charge in [0.15, 0.2) is 0 Å². The fraction of sp³-hybridized carbons (Fsp3) is 0.333. The van der Waals surface area contributed by atoms with Crippen molar-refractivity contribution in [3.8, 4) is 0 Å². The number of nitrogens with one attached hydrogen (secondary N) is 1. The van der Waals surface area contributed by atoms with Gasteiger partial charge in [0.05, 0.1) is 23.3 Å². The molecule has 5 heteroatoms. The van der Waals surface area contributed by atoms with E-state index in [1.54, 1.807) is 23.3 Å². The summed E-state index contributed by atoms with van der Waals surface area (Å²) in [5.74, 6) is 0. The Morgan fingerprint density at radius 2 is 2.10 bits per heavy atom. The minimum absolute atomic E-state index is 0.0108. The van der Waals surface area contributed by atoms with E-state index in [1.807, 2.05) is 49.6 Å². The van der Waals surface area contributed by atoms with Crippen LogP contribution in [0.15, 0.2) is 35.7 Å². The Hall–Kier alpha value is -1.88. The van der Waals surface area contributed by atoms with E-state index in [0.29, 0.717) is 6.54 Å². The van der Waals surface area contributed by atoms with Gasteiger partial charge >= 0.3 is 6.03 Å². The quantitative estimate of drug-likeness (QED) is 0.938. The zero-order valence-corrected chi connectivity index (χ0v) is 12.8. The zero-order chi connectivity index (χ0) is 14.5. The minimum Gasteiger partial charge on any atom is -0.331 e. The van der Waals surface area contributed by atoms with E-state index in [4.69, 9.17) is 0 Å². The van der Waals surface area contributed by atoms with Crippen LogP contribution < -0.4 is 5.32 Å². The lowest BCUT2D eigenvalue weighted by molar-refractivity contribution is 0.203. The van der Waals surface area contributed by atoms with E-state index in [-0.39, 0.29) is 12.1 Å². The number of aromatic nitrogens is 1. The van der Waals surface area contributed by atoms with Crippen molar-refractivity contribution in [1.82, 2.24) is 15.2 Å². The van der Waals surface area contributed by atoms with Gasteiger partial charge in [-0.3, -0.25) is 0 Å². The molecule has 4 nitrogen and oxygen atoms in total. The van der Waals surface area contributed by atoms with Crippen LogP contribution in [-0.4, -0.2) is 23.0 Å². The number of amides is 2. The molecule has 2 aromatic rings. The third-order valence-corrected chi connectivity index (χ3v) is 3.87. The third-order valence-electron chi connectivity index (χ3n) is 3.05. The predicted octanol–water partition coefficient (Wildman–Crippen LogP) is 3.35. The average Bonchev–Trinajstić information content (AvgIpc) is 2.85. The first-order valence-electron chi connectivity index (χ1n) is 6.54. The standard InChI is InChI=1S/C15H19N3OS/c1-11(13-7-5-4-6-8-13)16-15(19)18(3)9-14-10-20-12(2)17-14/h4-8,10-11H,9H2,1-3H3,(H,16,19). The number of benzene rings is 1. The molecule has 2 rings (SSSR count). The Labute approximate surface area is 123 Å². The van der Waals surface area contributed by atoms with E-state index in [2.05, 4.69) is 10.3 Å². The highest BCUT2D eigenvalue weighted by Gasteiger charge is 2.14. The summed E-state index contributed by atoms with van der Waals surface area (Å²) in [7, 11) is 1.78. The lowest BCUT2D eigenvalue weighted by Crippen LogP contribution is -2.38. The van der Waals surface area contributed by atoms with Crippen LogP contribution in [0.25, 0.3) is 0 Å². The number of hydrogen-bond acceptors (Lipinski definition) is 3. The zero-order valence-electron chi connectivity index (χ0n) is 12.0. The summed E-state index contributed by atoms with van der Waals surface area (Å²) in [6, 6.07) is 9.83. The summed E-state index contributed by atoms with van der Waals surface area (Å²) < 4.78 is 0. The van der Waals surface area contributed by atoms with Gasteiger partial charge in [0, 0.05) is 12.4 Å². The van der Waals surface area contributed by atoms with Crippen LogP contribution in [0.3, 0.4) is 0 Å². The molecular formula is C15H19N3OS. The molecule has 1 heterocycles. The summed E-state index contributed by atoms with van der Waals surface area (Å²) in [6.45, 7) is 4.47. The molecule has 0 bridgehead atoms. The summed E-state index contributed by atoms with van der Waals surface area (Å²) in [4.78, 5) is 18.1. The molecule has 20 heavy (non-hydrogen) atoms. The smallest absolute Gasteiger partial charge is 0.317 e. The first kappa shape index (κ1) is 14.5. The van der Waals surface area contributed by atoms with Crippen molar-refractivity contribution in [2.75, 3.05) is 7.05 Å². The second kappa shape index (κ2) is 6.52. The molecule has 106 valence electrons. The van der Waals surface area contributed by atoms with Crippen LogP contribution in [0.4, 0.5) is 4.79 Å². The summed E-state index contributed by atoms with van der Waals surface area (Å²) in [6.07, 6.45) is 0. The van der Waals surface area contributed by atoms with Crippen LogP contribution in [0.1, 0.15) is 29.2 Å². The number of nitrogens with zero attached hydrogens (tertiary/aromatic N) is 2. The molecule has 0 saturated heterocycles. The van der Waals surface area contributed by atoms with Crippen molar-refractivity contribution >= 4 is 17.4 Å². The Bertz CT molecular complexity index is 568. The number of hydrogen-bond donors (Lipinski definition) is 1. The van der Waals surface area contributed by atoms with Gasteiger partial charge in [0.25, 0.3) is 0 Å². The molecule has 0 saturated carbocycles. The fourth-order valence-electron chi connectivity index (χ4n) is 1.92. The molecule has 0 radical (unpaired) electrons. The second-order valence-corrected chi connectivity index (χ2v) is 5.86. The molecule has 1 atom stereocenters. The molecule has 0 aliphatic heterocycles. The number of carbonyl (C=O) groups is 1. The summed E-state index contributed by atoms with van der Waals surface area (Å²) in [5.41, 5.74) is 2.02. The number of urea groups is 1. The van der Waals surface area contributed by atoms with Crippen molar-refractivity contribution in [3.05, 3.63) is 52.0 Å². The van der Waals surface area contributed by atoms with Crippen molar-refractivity contribution in [3.63, 3.8) is 0 Å². The van der Waals surface area contributed by atoms with Crippen LogP contribution >= 0.6 is 11.3 Å². The third kappa shape index (κ3) is 3.81. The Morgan fingerprint density at radius 3 is 2.70 bits per heavy atom. The van der Waals surface area contributed by atoms with Gasteiger partial charge in [-0.2, -0.15) is 0 Å². The molecule has 1 unspecified atom stereocenters. The Balaban J connectivity index is 1.91. The molecule has 1 aromatic heterocycles. The minimum atomic E-state index is -0.0907. The molecule has 0 aliphatic rings. The van der Waals surface area contributed by atoms with Gasteiger partial charge in [-0.25, -0.2) is 9.78 Å². The Kier molecular flexibility index (Phi) is 4.74. The fourth-order valence-corrected chi connectivity index (χ4v) is 2.52. The first-order valence-corrected chi connectivity index (χ1v) is 7.42. The summed E-state index contributed by atoms with van der Waals surface area (Å²) >= 11 is 1.60. The predicted molar refractivity (Wildman–Crippen MR) is 81.7 cm³/mol. The number of rotatable bonds is 4. The number of carbonyl (C=O) groups excluding carboxylic acids is 1. The van der Waals surface area contributed by atoms with E-state index in [9.17, 15) is 4.79 Å². The van der Waals surface area contributed by atoms with Crippen LogP contribution in [-0.2, 0) is 6.54 Å². The maximum absolute atomic E-state index is 12.1. The number of aryl methyl sites for hydroxylation is 1. The van der Waals surface area contributed by atoms with Crippen molar-refractivity contribution in [1.29, 1.82) is 0 Å². The molecule has 1 N–H and O–H groups in total. The SMILES string of the molecule is Cc1nc(CN(C)C(=O)NC(C)c2ccccc2)cs1. The lowest BCUT2D eigenvalue weighted by atomic mass is 10.1. The van der Waals surface area contributed by atoms with Gasteiger partial charge in [-0.1, -0.05) is 30.3 Å². The topological polar surface area (TPSA) is 45.2 Å². The first-order chi connectivity index (χ1) is 9.56. The second-order valence-electron chi connectivity index (χ2n) is 4.80. The van der Waals surface area contributed by atoms with E-state index in [0.717, 1.165) is 16.3 Å². The normalized spacial score (nSPS) is 11.9. The van der Waals surface area contributed by atoms with Crippen LogP contribution in [0.2, 0.25) is 0 Å². The molecular weight excluding hydrogens is 270 g/mol. The molecule has 0 aliphatic carbocycles. The summed E-state index contributed by atoms with van der Waals surface area (Å²) in [5, 5.41) is 5.99. The highest BCUT2D eigenvalue weighted by atomic mass is 32.1. The number of thiazole rings is 1. The molecule has 0 fully saturated rings. The maximum atomic E-state index is 12.1. The van der Waals surface area contributed by atoms with E-state index in [1.165, 1.54) is 0 Å². The van der Waals surface area contributed by atoms with Gasteiger partial charge in [0.1, 0.15) is 0 Å². The van der Waals surface area contributed by atoms with Crippen molar-refractivity contribution in [2.24, 2.45) is 0 Å². The van der Waals surface area contributed by atoms with E-state index >= 15 is 0 Å². The van der Waals surface area contributed by atoms with Gasteiger partial charge in [0.2, 0.25) is 0 Å². The van der Waals surface area contributed by atoms with Crippen LogP contribution in [0.5, 0.6) is 0 Å².